The van der Waals surface area contributed by atoms with E-state index in [2.05, 4.69) is 31.1 Å². The number of aromatic nitrogens is 3. The molecule has 1 fully saturated rings. The predicted octanol–water partition coefficient (Wildman–Crippen LogP) is 4.42. The molecular weight excluding hydrogens is 428 g/mol. The van der Waals surface area contributed by atoms with Crippen molar-refractivity contribution in [3.8, 4) is 11.5 Å². The van der Waals surface area contributed by atoms with Gasteiger partial charge >= 0.3 is 0 Å². The molecule has 0 radical (unpaired) electrons. The third kappa shape index (κ3) is 4.39. The quantitative estimate of drug-likeness (QED) is 0.542. The van der Waals surface area contributed by atoms with E-state index in [9.17, 15) is 4.79 Å². The molecule has 0 saturated carbocycles. The Hall–Kier alpha value is -2.19. The maximum absolute atomic E-state index is 12.3. The van der Waals surface area contributed by atoms with Crippen molar-refractivity contribution in [2.24, 2.45) is 0 Å². The predicted molar refractivity (Wildman–Crippen MR) is 106 cm³/mol. The van der Waals surface area contributed by atoms with Gasteiger partial charge in [-0.15, -0.1) is 10.2 Å². The molecule has 3 heterocycles. The summed E-state index contributed by atoms with van der Waals surface area (Å²) in [5, 5.41) is 9.00. The number of hydrogen-bond donors (Lipinski definition) is 0. The fraction of sp³-hybridized carbons (Fsp3) is 0.263. The average molecular weight is 445 g/mol. The lowest BCUT2D eigenvalue weighted by Gasteiger charge is -2.14. The van der Waals surface area contributed by atoms with Gasteiger partial charge in [-0.05, 0) is 49.2 Å². The SMILES string of the molecule is O=C(c1ccc(SCc2nnc(-c3ccc(Br)cc3)o2)nc1)N1CCCC1. The Bertz CT molecular complexity index is 922. The fourth-order valence-electron chi connectivity index (χ4n) is 2.85. The molecule has 0 unspecified atom stereocenters. The molecule has 8 heteroatoms. The molecular formula is C19H17BrN4O2S. The molecule has 0 bridgehead atoms. The first-order valence-corrected chi connectivity index (χ1v) is 10.4. The summed E-state index contributed by atoms with van der Waals surface area (Å²) in [5.74, 6) is 1.62. The Kier molecular flexibility index (Phi) is 5.54. The highest BCUT2D eigenvalue weighted by molar-refractivity contribution is 9.10. The van der Waals surface area contributed by atoms with E-state index in [1.54, 1.807) is 6.20 Å². The van der Waals surface area contributed by atoms with Gasteiger partial charge in [0.1, 0.15) is 0 Å². The third-order valence-electron chi connectivity index (χ3n) is 4.28. The number of rotatable bonds is 5. The molecule has 2 aromatic heterocycles. The van der Waals surface area contributed by atoms with E-state index < -0.39 is 0 Å². The number of halogens is 1. The van der Waals surface area contributed by atoms with E-state index in [1.165, 1.54) is 11.8 Å². The molecule has 1 saturated heterocycles. The summed E-state index contributed by atoms with van der Waals surface area (Å²) in [6.07, 6.45) is 3.81. The van der Waals surface area contributed by atoms with Crippen molar-refractivity contribution in [2.45, 2.75) is 23.6 Å². The van der Waals surface area contributed by atoms with Gasteiger partial charge in [0.05, 0.1) is 16.3 Å². The lowest BCUT2D eigenvalue weighted by molar-refractivity contribution is 0.0792. The van der Waals surface area contributed by atoms with Crippen LogP contribution in [0.25, 0.3) is 11.5 Å². The second kappa shape index (κ2) is 8.22. The fourth-order valence-corrected chi connectivity index (χ4v) is 3.80. The van der Waals surface area contributed by atoms with Gasteiger partial charge < -0.3 is 9.32 Å². The lowest BCUT2D eigenvalue weighted by Crippen LogP contribution is -2.27. The molecule has 0 N–H and O–H groups in total. The summed E-state index contributed by atoms with van der Waals surface area (Å²) < 4.78 is 6.71. The minimum Gasteiger partial charge on any atom is -0.420 e. The van der Waals surface area contributed by atoms with Gasteiger partial charge in [-0.1, -0.05) is 27.7 Å². The number of likely N-dealkylation sites (tertiary alicyclic amines) is 1. The zero-order valence-corrected chi connectivity index (χ0v) is 16.9. The van der Waals surface area contributed by atoms with Gasteiger partial charge in [-0.3, -0.25) is 4.79 Å². The molecule has 0 atom stereocenters. The maximum atomic E-state index is 12.3. The molecule has 138 valence electrons. The van der Waals surface area contributed by atoms with Crippen LogP contribution in [0.2, 0.25) is 0 Å². The van der Waals surface area contributed by atoms with Crippen molar-refractivity contribution in [3.05, 3.63) is 58.5 Å². The molecule has 4 rings (SSSR count). The molecule has 1 aromatic carbocycles. The van der Waals surface area contributed by atoms with Crippen LogP contribution in [0.5, 0.6) is 0 Å². The van der Waals surface area contributed by atoms with Gasteiger partial charge in [0.15, 0.2) is 0 Å². The molecule has 6 nitrogen and oxygen atoms in total. The van der Waals surface area contributed by atoms with E-state index in [4.69, 9.17) is 4.42 Å². The Balaban J connectivity index is 1.36. The summed E-state index contributed by atoms with van der Waals surface area (Å²) in [6.45, 7) is 1.68. The summed E-state index contributed by atoms with van der Waals surface area (Å²) in [6, 6.07) is 11.4. The van der Waals surface area contributed by atoms with E-state index in [1.807, 2.05) is 41.3 Å². The first-order chi connectivity index (χ1) is 13.2. The lowest BCUT2D eigenvalue weighted by atomic mass is 10.2. The van der Waals surface area contributed by atoms with Crippen molar-refractivity contribution < 1.29 is 9.21 Å². The molecule has 1 amide bonds. The third-order valence-corrected chi connectivity index (χ3v) is 5.74. The van der Waals surface area contributed by atoms with Crippen LogP contribution >= 0.6 is 27.7 Å². The van der Waals surface area contributed by atoms with Crippen molar-refractivity contribution in [1.29, 1.82) is 0 Å². The van der Waals surface area contributed by atoms with Crippen LogP contribution in [-0.4, -0.2) is 39.1 Å². The second-order valence-corrected chi connectivity index (χ2v) is 8.09. The van der Waals surface area contributed by atoms with Crippen molar-refractivity contribution in [2.75, 3.05) is 13.1 Å². The Morgan fingerprint density at radius 1 is 1.11 bits per heavy atom. The van der Waals surface area contributed by atoms with Gasteiger partial charge in [0.25, 0.3) is 5.91 Å². The van der Waals surface area contributed by atoms with Crippen LogP contribution < -0.4 is 0 Å². The van der Waals surface area contributed by atoms with Crippen LogP contribution in [0.15, 0.2) is 56.5 Å². The second-order valence-electron chi connectivity index (χ2n) is 6.18. The van der Waals surface area contributed by atoms with Crippen LogP contribution in [0, 0.1) is 0 Å². The van der Waals surface area contributed by atoms with Gasteiger partial charge in [0.2, 0.25) is 11.8 Å². The van der Waals surface area contributed by atoms with Crippen molar-refractivity contribution in [3.63, 3.8) is 0 Å². The van der Waals surface area contributed by atoms with Crippen LogP contribution in [0.1, 0.15) is 29.1 Å². The standard InChI is InChI=1S/C19H17BrN4O2S/c20-15-6-3-13(4-7-15)18-23-22-16(26-18)12-27-17-8-5-14(11-21-17)19(25)24-9-1-2-10-24/h3-8,11H,1-2,9-10,12H2. The smallest absolute Gasteiger partial charge is 0.255 e. The van der Waals surface area contributed by atoms with E-state index in [0.29, 0.717) is 23.1 Å². The van der Waals surface area contributed by atoms with E-state index in [-0.39, 0.29) is 5.91 Å². The molecule has 27 heavy (non-hydrogen) atoms. The Morgan fingerprint density at radius 3 is 2.59 bits per heavy atom. The largest absolute Gasteiger partial charge is 0.420 e. The van der Waals surface area contributed by atoms with Gasteiger partial charge in [-0.2, -0.15) is 0 Å². The number of benzene rings is 1. The van der Waals surface area contributed by atoms with Crippen molar-refractivity contribution in [1.82, 2.24) is 20.1 Å². The van der Waals surface area contributed by atoms with Crippen molar-refractivity contribution >= 4 is 33.6 Å². The van der Waals surface area contributed by atoms with Crippen LogP contribution in [0.3, 0.4) is 0 Å². The van der Waals surface area contributed by atoms with Crippen LogP contribution in [0.4, 0.5) is 0 Å². The maximum Gasteiger partial charge on any atom is 0.255 e. The molecule has 3 aromatic rings. The molecule has 0 aliphatic carbocycles. The van der Waals surface area contributed by atoms with Gasteiger partial charge in [-0.25, -0.2) is 4.98 Å². The normalized spacial score (nSPS) is 13.9. The first-order valence-electron chi connectivity index (χ1n) is 8.65. The highest BCUT2D eigenvalue weighted by Crippen LogP contribution is 2.24. The summed E-state index contributed by atoms with van der Waals surface area (Å²) in [4.78, 5) is 18.6. The number of thioether (sulfide) groups is 1. The first kappa shape index (κ1) is 18.2. The molecule has 1 aliphatic rings. The Labute approximate surface area is 169 Å². The van der Waals surface area contributed by atoms with Crippen LogP contribution in [-0.2, 0) is 5.75 Å². The number of nitrogens with zero attached hydrogens (tertiary/aromatic N) is 4. The Morgan fingerprint density at radius 2 is 1.89 bits per heavy atom. The number of pyridine rings is 1. The van der Waals surface area contributed by atoms with E-state index >= 15 is 0 Å². The monoisotopic (exact) mass is 444 g/mol. The molecule has 0 spiro atoms. The number of carbonyl (C=O) groups excluding carboxylic acids is 1. The van der Waals surface area contributed by atoms with Gasteiger partial charge in [0, 0.05) is 29.3 Å². The van der Waals surface area contributed by atoms with E-state index in [0.717, 1.165) is 41.0 Å². The zero-order chi connectivity index (χ0) is 18.6. The average Bonchev–Trinajstić information content (AvgIpc) is 3.39. The summed E-state index contributed by atoms with van der Waals surface area (Å²) >= 11 is 4.90. The summed E-state index contributed by atoms with van der Waals surface area (Å²) in [7, 11) is 0. The minimum atomic E-state index is 0.0626. The highest BCUT2D eigenvalue weighted by atomic mass is 79.9. The number of hydrogen-bond acceptors (Lipinski definition) is 6. The number of amides is 1. The minimum absolute atomic E-state index is 0.0626. The zero-order valence-electron chi connectivity index (χ0n) is 14.5. The topological polar surface area (TPSA) is 72.1 Å². The number of carbonyl (C=O) groups is 1. The summed E-state index contributed by atoms with van der Waals surface area (Å²) in [5.41, 5.74) is 1.52. The highest BCUT2D eigenvalue weighted by Gasteiger charge is 2.19. The molecule has 1 aliphatic heterocycles.